The highest BCUT2D eigenvalue weighted by molar-refractivity contribution is 5.94. The van der Waals surface area contributed by atoms with Crippen LogP contribution in [0.2, 0.25) is 0 Å². The molecular formula is C22H23N5O2. The number of aromatic nitrogens is 3. The van der Waals surface area contributed by atoms with Crippen molar-refractivity contribution in [3.05, 3.63) is 71.5 Å². The van der Waals surface area contributed by atoms with Gasteiger partial charge in [-0.25, -0.2) is 0 Å². The molecule has 7 nitrogen and oxygen atoms in total. The Morgan fingerprint density at radius 2 is 1.72 bits per heavy atom. The molecule has 29 heavy (non-hydrogen) atoms. The largest absolute Gasteiger partial charge is 0.344 e. The molecule has 0 radical (unpaired) electrons. The second-order valence-electron chi connectivity index (χ2n) is 7.34. The first kappa shape index (κ1) is 18.9. The molecule has 1 fully saturated rings. The number of para-hydroxylation sites is 1. The highest BCUT2D eigenvalue weighted by Crippen LogP contribution is 2.30. The van der Waals surface area contributed by atoms with E-state index in [2.05, 4.69) is 20.8 Å². The lowest BCUT2D eigenvalue weighted by Gasteiger charge is -2.14. The molecule has 148 valence electrons. The van der Waals surface area contributed by atoms with Crippen LogP contribution in [0.15, 0.2) is 54.6 Å². The van der Waals surface area contributed by atoms with Crippen LogP contribution in [-0.4, -0.2) is 26.8 Å². The van der Waals surface area contributed by atoms with Gasteiger partial charge in [0.25, 0.3) is 5.91 Å². The second kappa shape index (κ2) is 7.87. The number of rotatable bonds is 6. The Labute approximate surface area is 169 Å². The van der Waals surface area contributed by atoms with Gasteiger partial charge in [-0.2, -0.15) is 9.90 Å². The van der Waals surface area contributed by atoms with E-state index in [-0.39, 0.29) is 23.8 Å². The van der Waals surface area contributed by atoms with E-state index in [4.69, 9.17) is 0 Å². The van der Waals surface area contributed by atoms with Crippen LogP contribution in [0.5, 0.6) is 0 Å². The number of nitrogens with one attached hydrogen (secondary N) is 2. The van der Waals surface area contributed by atoms with Crippen molar-refractivity contribution in [2.45, 2.75) is 32.7 Å². The average molecular weight is 389 g/mol. The summed E-state index contributed by atoms with van der Waals surface area (Å²) >= 11 is 0. The molecule has 1 aliphatic carbocycles. The van der Waals surface area contributed by atoms with Gasteiger partial charge in [-0.3, -0.25) is 9.59 Å². The minimum Gasteiger partial charge on any atom is -0.344 e. The maximum absolute atomic E-state index is 12.7. The predicted molar refractivity (Wildman–Crippen MR) is 110 cm³/mol. The van der Waals surface area contributed by atoms with Crippen molar-refractivity contribution in [3.8, 4) is 5.69 Å². The lowest BCUT2D eigenvalue weighted by atomic mass is 10.1. The summed E-state index contributed by atoms with van der Waals surface area (Å²) in [5, 5.41) is 14.6. The van der Waals surface area contributed by atoms with Gasteiger partial charge in [0.2, 0.25) is 5.91 Å². The molecular weight excluding hydrogens is 366 g/mol. The quantitative estimate of drug-likeness (QED) is 0.676. The molecule has 0 aliphatic heterocycles. The minimum absolute atomic E-state index is 0.0797. The van der Waals surface area contributed by atoms with E-state index < -0.39 is 0 Å². The number of anilines is 1. The molecule has 0 bridgehead atoms. The average Bonchev–Trinajstić information content (AvgIpc) is 3.51. The fourth-order valence-corrected chi connectivity index (χ4v) is 3.06. The summed E-state index contributed by atoms with van der Waals surface area (Å²) in [7, 11) is 0. The van der Waals surface area contributed by atoms with Crippen LogP contribution in [0.3, 0.4) is 0 Å². The summed E-state index contributed by atoms with van der Waals surface area (Å²) in [6.07, 6.45) is 1.95. The van der Waals surface area contributed by atoms with E-state index >= 15 is 0 Å². The van der Waals surface area contributed by atoms with Crippen LogP contribution in [0.1, 0.15) is 47.6 Å². The van der Waals surface area contributed by atoms with Gasteiger partial charge in [0.05, 0.1) is 17.4 Å². The van der Waals surface area contributed by atoms with E-state index in [1.54, 1.807) is 6.92 Å². The van der Waals surface area contributed by atoms with E-state index in [9.17, 15) is 9.59 Å². The lowest BCUT2D eigenvalue weighted by Crippen LogP contribution is -2.27. The number of aryl methyl sites for hydroxylation is 1. The number of amides is 2. The highest BCUT2D eigenvalue weighted by atomic mass is 16.2. The summed E-state index contributed by atoms with van der Waals surface area (Å²) in [5.74, 6) is -0.0280. The SMILES string of the molecule is Cc1nn(-c2ccccc2)nc1C(=O)NC(C)c1ccc(NC(=O)C2CC2)cc1. The number of hydrogen-bond acceptors (Lipinski definition) is 4. The lowest BCUT2D eigenvalue weighted by molar-refractivity contribution is -0.117. The van der Waals surface area contributed by atoms with Crippen LogP contribution in [-0.2, 0) is 4.79 Å². The van der Waals surface area contributed by atoms with Crippen molar-refractivity contribution in [2.75, 3.05) is 5.32 Å². The fourth-order valence-electron chi connectivity index (χ4n) is 3.06. The Bertz CT molecular complexity index is 1020. The second-order valence-corrected chi connectivity index (χ2v) is 7.34. The van der Waals surface area contributed by atoms with Crippen LogP contribution in [0, 0.1) is 12.8 Å². The minimum atomic E-state index is -0.275. The maximum Gasteiger partial charge on any atom is 0.274 e. The summed E-state index contributed by atoms with van der Waals surface area (Å²) in [5.41, 5.74) is 3.37. The third-order valence-electron chi connectivity index (χ3n) is 4.96. The first-order chi connectivity index (χ1) is 14.0. The van der Waals surface area contributed by atoms with Crippen molar-refractivity contribution in [3.63, 3.8) is 0 Å². The van der Waals surface area contributed by atoms with Gasteiger partial charge in [-0.1, -0.05) is 30.3 Å². The number of hydrogen-bond donors (Lipinski definition) is 2. The molecule has 1 aliphatic rings. The predicted octanol–water partition coefficient (Wildman–Crippen LogP) is 3.42. The van der Waals surface area contributed by atoms with Crippen molar-refractivity contribution < 1.29 is 9.59 Å². The normalized spacial score (nSPS) is 14.3. The smallest absolute Gasteiger partial charge is 0.274 e. The Hall–Kier alpha value is -3.48. The van der Waals surface area contributed by atoms with E-state index in [0.29, 0.717) is 11.4 Å². The van der Waals surface area contributed by atoms with Crippen molar-refractivity contribution in [1.82, 2.24) is 20.3 Å². The van der Waals surface area contributed by atoms with Crippen LogP contribution >= 0.6 is 0 Å². The molecule has 0 spiro atoms. The van der Waals surface area contributed by atoms with E-state index in [1.807, 2.05) is 61.5 Å². The Morgan fingerprint density at radius 1 is 1.03 bits per heavy atom. The molecule has 1 atom stereocenters. The molecule has 1 heterocycles. The molecule has 0 saturated heterocycles. The molecule has 7 heteroatoms. The van der Waals surface area contributed by atoms with Crippen molar-refractivity contribution >= 4 is 17.5 Å². The highest BCUT2D eigenvalue weighted by Gasteiger charge is 2.29. The Kier molecular flexibility index (Phi) is 5.12. The molecule has 1 unspecified atom stereocenters. The number of nitrogens with zero attached hydrogens (tertiary/aromatic N) is 3. The zero-order chi connectivity index (χ0) is 20.4. The molecule has 2 aromatic carbocycles. The van der Waals surface area contributed by atoms with Gasteiger partial charge in [0.1, 0.15) is 0 Å². The van der Waals surface area contributed by atoms with Gasteiger partial charge in [0.15, 0.2) is 5.69 Å². The maximum atomic E-state index is 12.7. The standard InChI is InChI=1S/C22H23N5O2/c1-14(16-10-12-18(13-11-16)24-21(28)17-8-9-17)23-22(29)20-15(2)25-27(26-20)19-6-4-3-5-7-19/h3-7,10-14,17H,8-9H2,1-2H3,(H,23,29)(H,24,28). The monoisotopic (exact) mass is 389 g/mol. The van der Waals surface area contributed by atoms with Crippen LogP contribution < -0.4 is 10.6 Å². The van der Waals surface area contributed by atoms with Gasteiger partial charge in [-0.15, -0.1) is 5.10 Å². The molecule has 1 saturated carbocycles. The van der Waals surface area contributed by atoms with E-state index in [1.165, 1.54) is 4.80 Å². The zero-order valence-corrected chi connectivity index (χ0v) is 16.4. The van der Waals surface area contributed by atoms with Gasteiger partial charge in [0, 0.05) is 11.6 Å². The first-order valence-corrected chi connectivity index (χ1v) is 9.72. The number of carbonyl (C=O) groups excluding carboxylic acids is 2. The first-order valence-electron chi connectivity index (χ1n) is 9.72. The van der Waals surface area contributed by atoms with Gasteiger partial charge in [-0.05, 0) is 56.5 Å². The Morgan fingerprint density at radius 3 is 2.38 bits per heavy atom. The third-order valence-corrected chi connectivity index (χ3v) is 4.96. The van der Waals surface area contributed by atoms with Crippen LogP contribution in [0.4, 0.5) is 5.69 Å². The summed E-state index contributed by atoms with van der Waals surface area (Å²) in [6.45, 7) is 3.68. The summed E-state index contributed by atoms with van der Waals surface area (Å²) in [4.78, 5) is 26.0. The summed E-state index contributed by atoms with van der Waals surface area (Å²) in [6, 6.07) is 16.8. The molecule has 2 amide bonds. The van der Waals surface area contributed by atoms with E-state index in [0.717, 1.165) is 29.8 Å². The fraction of sp³-hybridized carbons (Fsp3) is 0.273. The van der Waals surface area contributed by atoms with Gasteiger partial charge < -0.3 is 10.6 Å². The van der Waals surface area contributed by atoms with Gasteiger partial charge >= 0.3 is 0 Å². The van der Waals surface area contributed by atoms with Crippen molar-refractivity contribution in [1.29, 1.82) is 0 Å². The topological polar surface area (TPSA) is 88.9 Å². The van der Waals surface area contributed by atoms with Crippen LogP contribution in [0.25, 0.3) is 5.69 Å². The molecule has 3 aromatic rings. The Balaban J connectivity index is 1.41. The molecule has 4 rings (SSSR count). The molecule has 2 N–H and O–H groups in total. The molecule has 1 aromatic heterocycles. The number of benzene rings is 2. The third kappa shape index (κ3) is 4.34. The number of carbonyl (C=O) groups is 2. The van der Waals surface area contributed by atoms with Crippen molar-refractivity contribution in [2.24, 2.45) is 5.92 Å². The summed E-state index contributed by atoms with van der Waals surface area (Å²) < 4.78 is 0. The zero-order valence-electron chi connectivity index (χ0n) is 16.4.